The minimum absolute atomic E-state index is 0.447. The molecule has 0 unspecified atom stereocenters. The van der Waals surface area contributed by atoms with Gasteiger partial charge in [0.1, 0.15) is 5.75 Å². The lowest BCUT2D eigenvalue weighted by atomic mass is 10.0. The molecule has 2 N–H and O–H groups in total. The van der Waals surface area contributed by atoms with Gasteiger partial charge in [-0.05, 0) is 36.6 Å². The molecule has 0 spiro atoms. The minimum Gasteiger partial charge on any atom is -0.496 e. The Balaban J connectivity index is 1.46. The molecule has 1 heterocycles. The number of halogens is 1. The molecular weight excluding hydrogens is 416 g/mol. The summed E-state index contributed by atoms with van der Waals surface area (Å²) in [6, 6.07) is 17.2. The number of ether oxygens (including phenoxy) is 1. The summed E-state index contributed by atoms with van der Waals surface area (Å²) in [5.74, 6) is 1.71. The van der Waals surface area contributed by atoms with E-state index in [0.29, 0.717) is 12.6 Å². The van der Waals surface area contributed by atoms with Crippen LogP contribution in [0.15, 0.2) is 58.0 Å². The van der Waals surface area contributed by atoms with E-state index in [0.717, 1.165) is 54.2 Å². The zero-order valence-corrected chi connectivity index (χ0v) is 18.2. The number of methoxy groups -OCH3 is 1. The van der Waals surface area contributed by atoms with Crippen molar-refractivity contribution in [2.75, 3.05) is 27.2 Å². The second-order valence-electron chi connectivity index (χ2n) is 7.06. The van der Waals surface area contributed by atoms with Crippen LogP contribution in [-0.4, -0.2) is 44.1 Å². The van der Waals surface area contributed by atoms with Crippen LogP contribution in [0.25, 0.3) is 0 Å². The fourth-order valence-electron chi connectivity index (χ4n) is 3.53. The molecule has 0 amide bonds. The summed E-state index contributed by atoms with van der Waals surface area (Å²) in [6.07, 6.45) is 2.24. The van der Waals surface area contributed by atoms with Crippen molar-refractivity contribution >= 4 is 21.9 Å². The van der Waals surface area contributed by atoms with E-state index in [1.165, 1.54) is 5.56 Å². The van der Waals surface area contributed by atoms with Gasteiger partial charge in [0.05, 0.1) is 7.11 Å². The summed E-state index contributed by atoms with van der Waals surface area (Å²) < 4.78 is 6.49. The van der Waals surface area contributed by atoms with Gasteiger partial charge in [-0.3, -0.25) is 9.89 Å². The fraction of sp³-hybridized carbons (Fsp3) is 0.409. The molecule has 1 fully saturated rings. The van der Waals surface area contributed by atoms with E-state index in [1.54, 1.807) is 7.11 Å². The van der Waals surface area contributed by atoms with Crippen LogP contribution in [0.1, 0.15) is 24.0 Å². The maximum Gasteiger partial charge on any atom is 0.191 e. The summed E-state index contributed by atoms with van der Waals surface area (Å²) >= 11 is 3.52. The van der Waals surface area contributed by atoms with Crippen molar-refractivity contribution in [1.82, 2.24) is 15.5 Å². The SMILES string of the molecule is CN=C(NCc1cc(Br)ccc1OC)NC1CCN(Cc2ccccc2)CC1. The Morgan fingerprint density at radius 3 is 2.61 bits per heavy atom. The highest BCUT2D eigenvalue weighted by molar-refractivity contribution is 9.10. The van der Waals surface area contributed by atoms with E-state index < -0.39 is 0 Å². The minimum atomic E-state index is 0.447. The van der Waals surface area contributed by atoms with Gasteiger partial charge in [-0.1, -0.05) is 46.3 Å². The summed E-state index contributed by atoms with van der Waals surface area (Å²) in [5.41, 5.74) is 2.48. The molecule has 2 aromatic carbocycles. The summed E-state index contributed by atoms with van der Waals surface area (Å²) in [4.78, 5) is 6.91. The largest absolute Gasteiger partial charge is 0.496 e. The number of hydrogen-bond acceptors (Lipinski definition) is 3. The molecule has 1 aliphatic heterocycles. The van der Waals surface area contributed by atoms with Crippen molar-refractivity contribution < 1.29 is 4.74 Å². The second-order valence-corrected chi connectivity index (χ2v) is 7.98. The summed E-state index contributed by atoms with van der Waals surface area (Å²) in [6.45, 7) is 3.89. The number of nitrogens with zero attached hydrogens (tertiary/aromatic N) is 2. The number of aliphatic imine (C=N–C) groups is 1. The monoisotopic (exact) mass is 444 g/mol. The molecule has 5 nitrogen and oxygen atoms in total. The number of likely N-dealkylation sites (tertiary alicyclic amines) is 1. The molecule has 0 radical (unpaired) electrons. The molecule has 2 aromatic rings. The molecule has 0 bridgehead atoms. The highest BCUT2D eigenvalue weighted by Crippen LogP contribution is 2.22. The molecule has 0 saturated carbocycles. The van der Waals surface area contributed by atoms with Crippen LogP contribution in [0.3, 0.4) is 0 Å². The van der Waals surface area contributed by atoms with Crippen LogP contribution in [0, 0.1) is 0 Å². The third-order valence-electron chi connectivity index (χ3n) is 5.09. The molecule has 6 heteroatoms. The molecule has 0 atom stereocenters. The van der Waals surface area contributed by atoms with E-state index in [1.807, 2.05) is 19.2 Å². The zero-order valence-electron chi connectivity index (χ0n) is 16.6. The van der Waals surface area contributed by atoms with Crippen molar-refractivity contribution in [1.29, 1.82) is 0 Å². The predicted molar refractivity (Wildman–Crippen MR) is 119 cm³/mol. The van der Waals surface area contributed by atoms with Crippen LogP contribution in [0.2, 0.25) is 0 Å². The molecule has 0 aliphatic carbocycles. The van der Waals surface area contributed by atoms with Crippen LogP contribution < -0.4 is 15.4 Å². The quantitative estimate of drug-likeness (QED) is 0.525. The normalized spacial score (nSPS) is 16.0. The number of guanidine groups is 1. The first kappa shape index (κ1) is 20.7. The van der Waals surface area contributed by atoms with Crippen molar-refractivity contribution in [3.05, 3.63) is 64.1 Å². The molecular formula is C22H29BrN4O. The smallest absolute Gasteiger partial charge is 0.191 e. The van der Waals surface area contributed by atoms with Gasteiger partial charge in [0, 0.05) is 49.3 Å². The van der Waals surface area contributed by atoms with E-state index >= 15 is 0 Å². The van der Waals surface area contributed by atoms with Gasteiger partial charge in [0.2, 0.25) is 0 Å². The molecule has 1 saturated heterocycles. The molecule has 150 valence electrons. The van der Waals surface area contributed by atoms with Crippen LogP contribution in [-0.2, 0) is 13.1 Å². The van der Waals surface area contributed by atoms with Gasteiger partial charge >= 0.3 is 0 Å². The third kappa shape index (κ3) is 5.97. The Bertz CT molecular complexity index is 773. The van der Waals surface area contributed by atoms with Gasteiger partial charge in [-0.2, -0.15) is 0 Å². The number of benzene rings is 2. The summed E-state index contributed by atoms with van der Waals surface area (Å²) in [7, 11) is 3.51. The van der Waals surface area contributed by atoms with E-state index in [9.17, 15) is 0 Å². The van der Waals surface area contributed by atoms with Gasteiger partial charge in [0.25, 0.3) is 0 Å². The maximum absolute atomic E-state index is 5.45. The lowest BCUT2D eigenvalue weighted by molar-refractivity contribution is 0.198. The first-order valence-electron chi connectivity index (χ1n) is 9.74. The Hall–Kier alpha value is -2.05. The lowest BCUT2D eigenvalue weighted by Gasteiger charge is -2.33. The van der Waals surface area contributed by atoms with E-state index in [2.05, 4.69) is 72.9 Å². The predicted octanol–water partition coefficient (Wildman–Crippen LogP) is 3.79. The van der Waals surface area contributed by atoms with Gasteiger partial charge in [-0.25, -0.2) is 0 Å². The number of piperidine rings is 1. The molecule has 28 heavy (non-hydrogen) atoms. The average molecular weight is 445 g/mol. The van der Waals surface area contributed by atoms with Gasteiger partial charge in [0.15, 0.2) is 5.96 Å². The number of rotatable bonds is 6. The number of hydrogen-bond donors (Lipinski definition) is 2. The third-order valence-corrected chi connectivity index (χ3v) is 5.58. The number of nitrogens with one attached hydrogen (secondary N) is 2. The fourth-order valence-corrected chi connectivity index (χ4v) is 3.94. The van der Waals surface area contributed by atoms with Crippen molar-refractivity contribution in [2.24, 2.45) is 4.99 Å². The topological polar surface area (TPSA) is 48.9 Å². The van der Waals surface area contributed by atoms with Crippen molar-refractivity contribution in [2.45, 2.75) is 32.0 Å². The van der Waals surface area contributed by atoms with Crippen LogP contribution in [0.5, 0.6) is 5.75 Å². The standard InChI is InChI=1S/C22H29BrN4O/c1-24-22(25-15-18-14-19(23)8-9-21(18)28-2)26-20-10-12-27(13-11-20)16-17-6-4-3-5-7-17/h3-9,14,20H,10-13,15-16H2,1-2H3,(H2,24,25,26). The highest BCUT2D eigenvalue weighted by Gasteiger charge is 2.20. The van der Waals surface area contributed by atoms with E-state index in [-0.39, 0.29) is 0 Å². The Morgan fingerprint density at radius 1 is 1.18 bits per heavy atom. The maximum atomic E-state index is 5.45. The van der Waals surface area contributed by atoms with Gasteiger partial charge in [-0.15, -0.1) is 0 Å². The Morgan fingerprint density at radius 2 is 1.93 bits per heavy atom. The first-order valence-corrected chi connectivity index (χ1v) is 10.5. The molecule has 0 aromatic heterocycles. The zero-order chi connectivity index (χ0) is 19.8. The van der Waals surface area contributed by atoms with Crippen molar-refractivity contribution in [3.8, 4) is 5.75 Å². The molecule has 3 rings (SSSR count). The van der Waals surface area contributed by atoms with E-state index in [4.69, 9.17) is 4.74 Å². The van der Waals surface area contributed by atoms with Gasteiger partial charge < -0.3 is 15.4 Å². The molecule has 1 aliphatic rings. The Labute approximate surface area is 176 Å². The lowest BCUT2D eigenvalue weighted by Crippen LogP contribution is -2.48. The van der Waals surface area contributed by atoms with Crippen LogP contribution >= 0.6 is 15.9 Å². The second kappa shape index (κ2) is 10.5. The first-order chi connectivity index (χ1) is 13.7. The average Bonchev–Trinajstić information content (AvgIpc) is 2.73. The van der Waals surface area contributed by atoms with Crippen molar-refractivity contribution in [3.63, 3.8) is 0 Å². The van der Waals surface area contributed by atoms with Crippen LogP contribution in [0.4, 0.5) is 0 Å². The Kier molecular flexibility index (Phi) is 7.74. The summed E-state index contributed by atoms with van der Waals surface area (Å²) in [5, 5.41) is 6.98. The highest BCUT2D eigenvalue weighted by atomic mass is 79.9.